The average Bonchev–Trinajstić information content (AvgIpc) is 3.19. The van der Waals surface area contributed by atoms with E-state index in [-0.39, 0.29) is 36.5 Å². The zero-order valence-electron chi connectivity index (χ0n) is 20.1. The molecule has 2 aromatic rings. The maximum absolute atomic E-state index is 14.8. The van der Waals surface area contributed by atoms with E-state index in [4.69, 9.17) is 4.74 Å². The van der Waals surface area contributed by atoms with Gasteiger partial charge in [0.05, 0.1) is 30.4 Å². The summed E-state index contributed by atoms with van der Waals surface area (Å²) in [6.45, 7) is 5.34. The van der Waals surface area contributed by atoms with Crippen LogP contribution in [0, 0.1) is 17.7 Å². The van der Waals surface area contributed by atoms with Crippen LogP contribution < -0.4 is 10.6 Å². The van der Waals surface area contributed by atoms with Crippen molar-refractivity contribution in [2.24, 2.45) is 11.8 Å². The van der Waals surface area contributed by atoms with E-state index < -0.39 is 35.5 Å². The van der Waals surface area contributed by atoms with Gasteiger partial charge in [0.1, 0.15) is 11.9 Å². The number of hydrogen-bond donors (Lipinski definition) is 2. The molecular formula is C26H29F4N3O3. The van der Waals surface area contributed by atoms with E-state index in [0.29, 0.717) is 36.8 Å². The number of halogens is 4. The number of amides is 2. The predicted octanol–water partition coefficient (Wildman–Crippen LogP) is 4.63. The molecule has 2 heterocycles. The largest absolute Gasteiger partial charge is 0.416 e. The maximum atomic E-state index is 14.8. The zero-order chi connectivity index (χ0) is 26.0. The fourth-order valence-electron chi connectivity index (χ4n) is 4.79. The van der Waals surface area contributed by atoms with Crippen molar-refractivity contribution in [3.63, 3.8) is 0 Å². The number of para-hydroxylation sites is 1. The maximum Gasteiger partial charge on any atom is 0.416 e. The molecule has 4 rings (SSSR count). The Hall–Kier alpha value is -3.14. The second-order valence-electron chi connectivity index (χ2n) is 9.41. The summed E-state index contributed by atoms with van der Waals surface area (Å²) in [5, 5.41) is 5.98. The summed E-state index contributed by atoms with van der Waals surface area (Å²) in [7, 11) is 0. The van der Waals surface area contributed by atoms with Gasteiger partial charge in [0.25, 0.3) is 5.91 Å². The van der Waals surface area contributed by atoms with Crippen LogP contribution in [0.4, 0.5) is 23.2 Å². The van der Waals surface area contributed by atoms with Crippen molar-refractivity contribution in [3.8, 4) is 0 Å². The third kappa shape index (κ3) is 5.33. The van der Waals surface area contributed by atoms with Crippen LogP contribution in [0.1, 0.15) is 47.8 Å². The van der Waals surface area contributed by atoms with Gasteiger partial charge in [-0.2, -0.15) is 13.2 Å². The van der Waals surface area contributed by atoms with Gasteiger partial charge >= 0.3 is 6.18 Å². The number of nitrogens with zero attached hydrogens (tertiary/aromatic N) is 1. The molecule has 2 N–H and O–H groups in total. The van der Waals surface area contributed by atoms with E-state index in [0.717, 1.165) is 12.1 Å². The highest BCUT2D eigenvalue weighted by atomic mass is 19.4. The van der Waals surface area contributed by atoms with E-state index in [1.165, 1.54) is 4.90 Å². The minimum atomic E-state index is -4.68. The molecule has 0 aromatic heterocycles. The Kier molecular flexibility index (Phi) is 7.54. The number of hydrogen-bond acceptors (Lipinski definition) is 4. The van der Waals surface area contributed by atoms with Gasteiger partial charge in [0.2, 0.25) is 5.91 Å². The Bertz CT molecular complexity index is 1120. The highest BCUT2D eigenvalue weighted by Crippen LogP contribution is 2.35. The van der Waals surface area contributed by atoms with Crippen molar-refractivity contribution in [3.05, 3.63) is 65.0 Å². The number of carbonyl (C=O) groups excluding carboxylic acids is 2. The van der Waals surface area contributed by atoms with Gasteiger partial charge in [0, 0.05) is 30.3 Å². The van der Waals surface area contributed by atoms with Crippen LogP contribution in [0.25, 0.3) is 0 Å². The lowest BCUT2D eigenvalue weighted by Crippen LogP contribution is -2.50. The van der Waals surface area contributed by atoms with Crippen LogP contribution in [-0.2, 0) is 15.7 Å². The number of rotatable bonds is 7. The zero-order valence-corrected chi connectivity index (χ0v) is 20.1. The van der Waals surface area contributed by atoms with Gasteiger partial charge in [-0.3, -0.25) is 9.59 Å². The predicted molar refractivity (Wildman–Crippen MR) is 126 cm³/mol. The summed E-state index contributed by atoms with van der Waals surface area (Å²) in [5.74, 6) is -2.04. The third-order valence-electron chi connectivity index (χ3n) is 6.69. The van der Waals surface area contributed by atoms with Crippen molar-refractivity contribution >= 4 is 17.5 Å². The fraction of sp³-hybridized carbons (Fsp3) is 0.462. The Morgan fingerprint density at radius 3 is 2.50 bits per heavy atom. The number of ether oxygens (including phenoxy) is 1. The number of benzene rings is 2. The molecule has 0 radical (unpaired) electrons. The Balaban J connectivity index is 1.58. The lowest BCUT2D eigenvalue weighted by molar-refractivity contribution is -0.138. The minimum absolute atomic E-state index is 0.0361. The minimum Gasteiger partial charge on any atom is -0.385 e. The van der Waals surface area contributed by atoms with Crippen LogP contribution in [0.2, 0.25) is 0 Å². The summed E-state index contributed by atoms with van der Waals surface area (Å²) in [4.78, 5) is 28.4. The third-order valence-corrected chi connectivity index (χ3v) is 6.69. The Morgan fingerprint density at radius 2 is 1.89 bits per heavy atom. The van der Waals surface area contributed by atoms with Gasteiger partial charge in [-0.25, -0.2) is 4.39 Å². The highest BCUT2D eigenvalue weighted by Gasteiger charge is 2.41. The average molecular weight is 508 g/mol. The molecule has 0 spiro atoms. The molecule has 0 aliphatic carbocycles. The standard InChI is InChI=1S/C26H29F4N3O3/c1-3-31-21-7-5-4-6-19(21)25(35)33-12-15(2)10-22(33)24(34)32-23(16-13-36-14-16)18-9-8-17(11-20(18)27)26(28,29)30/h4-9,11,15-16,22-23,31H,3,10,12-14H2,1-2H3,(H,32,34)/t15-,22-,23-/m1/s1. The topological polar surface area (TPSA) is 70.7 Å². The number of likely N-dealkylation sites (tertiary alicyclic amines) is 1. The van der Waals surface area contributed by atoms with Crippen molar-refractivity contribution < 1.29 is 31.9 Å². The van der Waals surface area contributed by atoms with Crippen molar-refractivity contribution in [1.29, 1.82) is 0 Å². The number of nitrogens with one attached hydrogen (secondary N) is 2. The number of anilines is 1. The molecule has 2 saturated heterocycles. The van der Waals surface area contributed by atoms with E-state index in [9.17, 15) is 27.2 Å². The van der Waals surface area contributed by atoms with E-state index >= 15 is 0 Å². The molecule has 0 unspecified atom stereocenters. The first-order valence-corrected chi connectivity index (χ1v) is 12.0. The summed E-state index contributed by atoms with van der Waals surface area (Å²) in [6.07, 6.45) is -4.26. The van der Waals surface area contributed by atoms with Gasteiger partial charge in [-0.15, -0.1) is 0 Å². The monoisotopic (exact) mass is 507 g/mol. The second kappa shape index (κ2) is 10.5. The van der Waals surface area contributed by atoms with Crippen LogP contribution >= 0.6 is 0 Å². The molecular weight excluding hydrogens is 478 g/mol. The quantitative estimate of drug-likeness (QED) is 0.537. The normalized spacial score (nSPS) is 21.1. The first-order valence-electron chi connectivity index (χ1n) is 12.0. The summed E-state index contributed by atoms with van der Waals surface area (Å²) >= 11 is 0. The lowest BCUT2D eigenvalue weighted by Gasteiger charge is -2.36. The molecule has 2 aliphatic rings. The van der Waals surface area contributed by atoms with Crippen molar-refractivity contribution in [1.82, 2.24) is 10.2 Å². The van der Waals surface area contributed by atoms with Crippen LogP contribution in [-0.4, -0.2) is 49.1 Å². The number of alkyl halides is 3. The summed E-state index contributed by atoms with van der Waals surface area (Å²) in [5.41, 5.74) is -0.0190. The van der Waals surface area contributed by atoms with Crippen molar-refractivity contribution in [2.75, 3.05) is 31.6 Å². The second-order valence-corrected chi connectivity index (χ2v) is 9.41. The van der Waals surface area contributed by atoms with E-state index in [1.807, 2.05) is 19.9 Å². The van der Waals surface area contributed by atoms with Gasteiger partial charge in [-0.05, 0) is 43.5 Å². The van der Waals surface area contributed by atoms with Gasteiger partial charge in [0.15, 0.2) is 0 Å². The molecule has 3 atom stereocenters. The molecule has 2 aliphatic heterocycles. The van der Waals surface area contributed by atoms with Gasteiger partial charge < -0.3 is 20.3 Å². The first-order chi connectivity index (χ1) is 17.1. The Morgan fingerprint density at radius 1 is 1.17 bits per heavy atom. The smallest absolute Gasteiger partial charge is 0.385 e. The van der Waals surface area contributed by atoms with Gasteiger partial charge in [-0.1, -0.05) is 25.1 Å². The Labute approximate surface area is 207 Å². The molecule has 0 bridgehead atoms. The highest BCUT2D eigenvalue weighted by molar-refractivity contribution is 6.02. The molecule has 6 nitrogen and oxygen atoms in total. The van der Waals surface area contributed by atoms with Crippen LogP contribution in [0.5, 0.6) is 0 Å². The SMILES string of the molecule is CCNc1ccccc1C(=O)N1C[C@H](C)C[C@@H]1C(=O)N[C@@H](c1ccc(C(F)(F)F)cc1F)C1COC1. The molecule has 10 heteroatoms. The number of carbonyl (C=O) groups is 2. The summed E-state index contributed by atoms with van der Waals surface area (Å²) in [6, 6.07) is 7.71. The van der Waals surface area contributed by atoms with Crippen LogP contribution in [0.15, 0.2) is 42.5 Å². The molecule has 0 saturated carbocycles. The van der Waals surface area contributed by atoms with Crippen LogP contribution in [0.3, 0.4) is 0 Å². The molecule has 2 aromatic carbocycles. The van der Waals surface area contributed by atoms with E-state index in [2.05, 4.69) is 10.6 Å². The molecule has 194 valence electrons. The lowest BCUT2D eigenvalue weighted by atomic mass is 9.90. The molecule has 2 amide bonds. The molecule has 36 heavy (non-hydrogen) atoms. The first kappa shape index (κ1) is 25.9. The molecule has 2 fully saturated rings. The van der Waals surface area contributed by atoms with Crippen molar-refractivity contribution in [2.45, 2.75) is 38.5 Å². The fourth-order valence-corrected chi connectivity index (χ4v) is 4.79. The summed E-state index contributed by atoms with van der Waals surface area (Å²) < 4.78 is 59.1. The van der Waals surface area contributed by atoms with E-state index in [1.54, 1.807) is 18.2 Å².